The van der Waals surface area contributed by atoms with Crippen molar-refractivity contribution in [3.63, 3.8) is 0 Å². The van der Waals surface area contributed by atoms with Gasteiger partial charge in [0, 0.05) is 13.7 Å². The van der Waals surface area contributed by atoms with Gasteiger partial charge in [-0.15, -0.1) is 0 Å². The molecule has 5 nitrogen and oxygen atoms in total. The van der Waals surface area contributed by atoms with Gasteiger partial charge in [0.25, 0.3) is 0 Å². The topological polar surface area (TPSA) is 65.0 Å². The number of esters is 1. The molecule has 0 spiro atoms. The lowest BCUT2D eigenvalue weighted by Crippen LogP contribution is -2.35. The summed E-state index contributed by atoms with van der Waals surface area (Å²) in [5.74, 6) is -0.567. The van der Waals surface area contributed by atoms with E-state index in [0.717, 1.165) is 0 Å². The fraction of sp³-hybridized carbons (Fsp3) is 0.889. The van der Waals surface area contributed by atoms with E-state index in [1.165, 1.54) is 14.0 Å². The zero-order valence-corrected chi connectivity index (χ0v) is 8.86. The first-order valence-corrected chi connectivity index (χ1v) is 4.58. The molecule has 1 N–H and O–H groups in total. The molecule has 0 aliphatic rings. The van der Waals surface area contributed by atoms with Gasteiger partial charge < -0.3 is 19.3 Å². The van der Waals surface area contributed by atoms with Crippen LogP contribution in [0.25, 0.3) is 0 Å². The van der Waals surface area contributed by atoms with Gasteiger partial charge in [0.05, 0.1) is 12.7 Å². The largest absolute Gasteiger partial charge is 0.461 e. The highest BCUT2D eigenvalue weighted by molar-refractivity contribution is 5.75. The van der Waals surface area contributed by atoms with Crippen LogP contribution in [0.3, 0.4) is 0 Å². The van der Waals surface area contributed by atoms with Gasteiger partial charge in [0.1, 0.15) is 6.61 Å². The Labute approximate surface area is 84.0 Å². The SMILES string of the molecule is CCOCCOC(=O)C(OC)C(C)O. The van der Waals surface area contributed by atoms with E-state index in [4.69, 9.17) is 19.3 Å². The summed E-state index contributed by atoms with van der Waals surface area (Å²) in [5.41, 5.74) is 0. The third-order valence-electron chi connectivity index (χ3n) is 1.60. The molecule has 2 atom stereocenters. The summed E-state index contributed by atoms with van der Waals surface area (Å²) in [6, 6.07) is 0. The van der Waals surface area contributed by atoms with Gasteiger partial charge in [-0.25, -0.2) is 4.79 Å². The maximum absolute atomic E-state index is 11.2. The minimum atomic E-state index is -0.920. The monoisotopic (exact) mass is 206 g/mol. The summed E-state index contributed by atoms with van der Waals surface area (Å²) < 4.78 is 14.6. The first-order valence-electron chi connectivity index (χ1n) is 4.58. The molecule has 0 aromatic heterocycles. The molecule has 0 aromatic rings. The second-order valence-electron chi connectivity index (χ2n) is 2.76. The highest BCUT2D eigenvalue weighted by Gasteiger charge is 2.24. The highest BCUT2D eigenvalue weighted by atomic mass is 16.6. The quantitative estimate of drug-likeness (QED) is 0.468. The molecular formula is C9H18O5. The summed E-state index contributed by atoms with van der Waals surface area (Å²) in [6.07, 6.45) is -1.80. The molecular weight excluding hydrogens is 188 g/mol. The summed E-state index contributed by atoms with van der Waals surface area (Å²) in [6.45, 7) is 4.45. The van der Waals surface area contributed by atoms with Crippen LogP contribution in [0.15, 0.2) is 0 Å². The second-order valence-corrected chi connectivity index (χ2v) is 2.76. The fourth-order valence-electron chi connectivity index (χ4n) is 0.918. The predicted octanol–water partition coefficient (Wildman–Crippen LogP) is -0.0381. The van der Waals surface area contributed by atoms with Crippen LogP contribution >= 0.6 is 0 Å². The number of hydrogen-bond donors (Lipinski definition) is 1. The fourth-order valence-corrected chi connectivity index (χ4v) is 0.918. The predicted molar refractivity (Wildman–Crippen MR) is 49.9 cm³/mol. The minimum absolute atomic E-state index is 0.180. The van der Waals surface area contributed by atoms with Gasteiger partial charge in [-0.05, 0) is 13.8 Å². The van der Waals surface area contributed by atoms with Crippen LogP contribution in [0.2, 0.25) is 0 Å². The average molecular weight is 206 g/mol. The number of aliphatic hydroxyl groups excluding tert-OH is 1. The molecule has 0 radical (unpaired) electrons. The van der Waals surface area contributed by atoms with E-state index in [1.807, 2.05) is 6.92 Å². The van der Waals surface area contributed by atoms with Crippen molar-refractivity contribution in [3.05, 3.63) is 0 Å². The van der Waals surface area contributed by atoms with Gasteiger partial charge >= 0.3 is 5.97 Å². The van der Waals surface area contributed by atoms with Gasteiger partial charge in [0.2, 0.25) is 0 Å². The normalized spacial score (nSPS) is 14.9. The number of carbonyl (C=O) groups excluding carboxylic acids is 1. The molecule has 0 bridgehead atoms. The Bertz CT molecular complexity index is 157. The van der Waals surface area contributed by atoms with Crippen molar-refractivity contribution in [1.82, 2.24) is 0 Å². The molecule has 0 saturated carbocycles. The maximum Gasteiger partial charge on any atom is 0.338 e. The van der Waals surface area contributed by atoms with Crippen molar-refractivity contribution < 1.29 is 24.1 Å². The lowest BCUT2D eigenvalue weighted by molar-refractivity contribution is -0.163. The molecule has 5 heteroatoms. The number of hydrogen-bond acceptors (Lipinski definition) is 5. The van der Waals surface area contributed by atoms with E-state index in [0.29, 0.717) is 13.2 Å². The van der Waals surface area contributed by atoms with Gasteiger partial charge in [0.15, 0.2) is 6.10 Å². The summed E-state index contributed by atoms with van der Waals surface area (Å²) in [4.78, 5) is 11.2. The average Bonchev–Trinajstić information content (AvgIpc) is 2.13. The lowest BCUT2D eigenvalue weighted by atomic mass is 10.2. The molecule has 0 heterocycles. The molecule has 0 aromatic carbocycles. The Balaban J connectivity index is 3.70. The molecule has 2 unspecified atom stereocenters. The lowest BCUT2D eigenvalue weighted by Gasteiger charge is -2.16. The van der Waals surface area contributed by atoms with Gasteiger partial charge in [-0.3, -0.25) is 0 Å². The zero-order chi connectivity index (χ0) is 11.0. The van der Waals surface area contributed by atoms with Crippen LogP contribution in [0.4, 0.5) is 0 Å². The Morgan fingerprint density at radius 1 is 1.43 bits per heavy atom. The Hall–Kier alpha value is -0.650. The Morgan fingerprint density at radius 2 is 2.07 bits per heavy atom. The number of carbonyl (C=O) groups is 1. The Morgan fingerprint density at radius 3 is 2.50 bits per heavy atom. The van der Waals surface area contributed by atoms with E-state index >= 15 is 0 Å². The number of aliphatic hydroxyl groups is 1. The standard InChI is InChI=1S/C9H18O5/c1-4-13-5-6-14-9(11)8(12-3)7(2)10/h7-8,10H,4-6H2,1-3H3. The summed E-state index contributed by atoms with van der Waals surface area (Å²) >= 11 is 0. The zero-order valence-electron chi connectivity index (χ0n) is 8.86. The smallest absolute Gasteiger partial charge is 0.338 e. The minimum Gasteiger partial charge on any atom is -0.461 e. The van der Waals surface area contributed by atoms with E-state index in [1.54, 1.807) is 0 Å². The van der Waals surface area contributed by atoms with Crippen molar-refractivity contribution >= 4 is 5.97 Å². The molecule has 14 heavy (non-hydrogen) atoms. The van der Waals surface area contributed by atoms with Crippen molar-refractivity contribution in [2.75, 3.05) is 26.9 Å². The first-order chi connectivity index (χ1) is 6.63. The van der Waals surface area contributed by atoms with Gasteiger partial charge in [-0.1, -0.05) is 0 Å². The van der Waals surface area contributed by atoms with Crippen molar-refractivity contribution in [2.45, 2.75) is 26.1 Å². The third kappa shape index (κ3) is 5.16. The van der Waals surface area contributed by atoms with Gasteiger partial charge in [-0.2, -0.15) is 0 Å². The second kappa shape index (κ2) is 7.73. The number of ether oxygens (including phenoxy) is 3. The van der Waals surface area contributed by atoms with Crippen LogP contribution in [-0.2, 0) is 19.0 Å². The number of methoxy groups -OCH3 is 1. The Kier molecular flexibility index (Phi) is 7.37. The van der Waals surface area contributed by atoms with Crippen molar-refractivity contribution in [2.24, 2.45) is 0 Å². The van der Waals surface area contributed by atoms with Crippen LogP contribution < -0.4 is 0 Å². The summed E-state index contributed by atoms with van der Waals surface area (Å²) in [7, 11) is 1.35. The van der Waals surface area contributed by atoms with Crippen molar-refractivity contribution in [1.29, 1.82) is 0 Å². The third-order valence-corrected chi connectivity index (χ3v) is 1.60. The van der Waals surface area contributed by atoms with E-state index < -0.39 is 18.2 Å². The van der Waals surface area contributed by atoms with E-state index in [2.05, 4.69) is 0 Å². The van der Waals surface area contributed by atoms with Crippen molar-refractivity contribution in [3.8, 4) is 0 Å². The molecule has 0 rings (SSSR count). The maximum atomic E-state index is 11.2. The highest BCUT2D eigenvalue weighted by Crippen LogP contribution is 2.00. The van der Waals surface area contributed by atoms with Crippen LogP contribution in [0.1, 0.15) is 13.8 Å². The number of rotatable bonds is 7. The van der Waals surface area contributed by atoms with Crippen LogP contribution in [-0.4, -0.2) is 50.2 Å². The van der Waals surface area contributed by atoms with Crippen LogP contribution in [0, 0.1) is 0 Å². The van der Waals surface area contributed by atoms with E-state index in [-0.39, 0.29) is 6.61 Å². The molecule has 0 aliphatic carbocycles. The molecule has 0 saturated heterocycles. The molecule has 0 aliphatic heterocycles. The summed E-state index contributed by atoms with van der Waals surface area (Å²) in [5, 5.41) is 9.13. The first kappa shape index (κ1) is 13.4. The molecule has 0 amide bonds. The molecule has 0 fully saturated rings. The molecule has 84 valence electrons. The van der Waals surface area contributed by atoms with E-state index in [9.17, 15) is 4.79 Å². The van der Waals surface area contributed by atoms with Crippen LogP contribution in [0.5, 0.6) is 0 Å².